The molecule has 84 valence electrons. The second-order valence-corrected chi connectivity index (χ2v) is 2.96. The van der Waals surface area contributed by atoms with Crippen LogP contribution in [-0.4, -0.2) is 29.4 Å². The van der Waals surface area contributed by atoms with Crippen LogP contribution in [-0.2, 0) is 11.3 Å². The number of aliphatic hydroxyl groups excluding tert-OH is 1. The summed E-state index contributed by atoms with van der Waals surface area (Å²) < 4.78 is 9.82. The molecule has 2 N–H and O–H groups in total. The number of ether oxygens (including phenoxy) is 1. The van der Waals surface area contributed by atoms with Gasteiger partial charge in [-0.2, -0.15) is 0 Å². The summed E-state index contributed by atoms with van der Waals surface area (Å²) in [4.78, 5) is 15.0. The molecule has 1 aromatic rings. The average molecular weight is 214 g/mol. The minimum absolute atomic E-state index is 0.0184. The molecule has 1 rings (SSSR count). The maximum absolute atomic E-state index is 11.0. The zero-order chi connectivity index (χ0) is 11.3. The molecule has 1 aromatic heterocycles. The molecule has 6 heteroatoms. The van der Waals surface area contributed by atoms with Crippen molar-refractivity contribution in [3.8, 4) is 0 Å². The third kappa shape index (κ3) is 3.59. The minimum atomic E-state index is -0.599. The Labute approximate surface area is 87.3 Å². The number of aromatic nitrogens is 1. The average Bonchev–Trinajstić information content (AvgIpc) is 2.52. The van der Waals surface area contributed by atoms with E-state index in [1.807, 2.05) is 6.92 Å². The van der Waals surface area contributed by atoms with E-state index in [1.165, 1.54) is 0 Å². The zero-order valence-corrected chi connectivity index (χ0v) is 8.74. The van der Waals surface area contributed by atoms with Gasteiger partial charge in [0.25, 0.3) is 0 Å². The van der Waals surface area contributed by atoms with Crippen LogP contribution in [0.5, 0.6) is 0 Å². The summed E-state index contributed by atoms with van der Waals surface area (Å²) in [7, 11) is 0. The highest BCUT2D eigenvalue weighted by molar-refractivity contribution is 5.66. The minimum Gasteiger partial charge on any atom is -0.447 e. The first-order valence-corrected chi connectivity index (χ1v) is 4.58. The predicted molar refractivity (Wildman–Crippen MR) is 51.3 cm³/mol. The number of nitrogens with zero attached hydrogens (tertiary/aromatic N) is 1. The van der Waals surface area contributed by atoms with Crippen molar-refractivity contribution in [1.29, 1.82) is 0 Å². The molecule has 0 aliphatic rings. The number of carbonyl (C=O) groups is 1. The Morgan fingerprint density at radius 2 is 2.33 bits per heavy atom. The molecule has 0 unspecified atom stereocenters. The highest BCUT2D eigenvalue weighted by atomic mass is 16.6. The van der Waals surface area contributed by atoms with Crippen LogP contribution < -0.4 is 5.32 Å². The Bertz CT molecular complexity index is 315. The van der Waals surface area contributed by atoms with Crippen LogP contribution in [0.15, 0.2) is 4.42 Å². The molecule has 0 aliphatic carbocycles. The Morgan fingerprint density at radius 3 is 2.87 bits per heavy atom. The topological polar surface area (TPSA) is 84.6 Å². The summed E-state index contributed by atoms with van der Waals surface area (Å²) in [6.45, 7) is 3.60. The Hall–Kier alpha value is -1.56. The fourth-order valence-electron chi connectivity index (χ4n) is 0.952. The largest absolute Gasteiger partial charge is 0.447 e. The first kappa shape index (κ1) is 11.5. The van der Waals surface area contributed by atoms with Gasteiger partial charge in [-0.05, 0) is 13.8 Å². The van der Waals surface area contributed by atoms with E-state index >= 15 is 0 Å². The van der Waals surface area contributed by atoms with Gasteiger partial charge in [-0.15, -0.1) is 0 Å². The van der Waals surface area contributed by atoms with Gasteiger partial charge >= 0.3 is 6.09 Å². The highest BCUT2D eigenvalue weighted by Gasteiger charge is 2.07. The fraction of sp³-hybridized carbons (Fsp3) is 0.556. The SMILES string of the molecule is Cc1nc(CNC(=O)OCCO)oc1C. The molecule has 0 radical (unpaired) electrons. The van der Waals surface area contributed by atoms with E-state index in [-0.39, 0.29) is 19.8 Å². The lowest BCUT2D eigenvalue weighted by Gasteiger charge is -2.02. The molecule has 0 saturated carbocycles. The first-order chi connectivity index (χ1) is 7.13. The second-order valence-electron chi connectivity index (χ2n) is 2.96. The summed E-state index contributed by atoms with van der Waals surface area (Å²) >= 11 is 0. The number of hydrogen-bond donors (Lipinski definition) is 2. The van der Waals surface area contributed by atoms with Crippen molar-refractivity contribution in [2.45, 2.75) is 20.4 Å². The van der Waals surface area contributed by atoms with Gasteiger partial charge in [0.1, 0.15) is 12.4 Å². The van der Waals surface area contributed by atoms with Gasteiger partial charge in [0.2, 0.25) is 5.89 Å². The van der Waals surface area contributed by atoms with Crippen molar-refractivity contribution in [2.75, 3.05) is 13.2 Å². The molecular weight excluding hydrogens is 200 g/mol. The van der Waals surface area contributed by atoms with Gasteiger partial charge in [-0.3, -0.25) is 0 Å². The maximum Gasteiger partial charge on any atom is 0.407 e. The Balaban J connectivity index is 2.33. The van der Waals surface area contributed by atoms with Gasteiger partial charge < -0.3 is 19.6 Å². The summed E-state index contributed by atoms with van der Waals surface area (Å²) in [6.07, 6.45) is -0.599. The number of nitrogens with one attached hydrogen (secondary N) is 1. The van der Waals surface area contributed by atoms with E-state index in [0.717, 1.165) is 11.5 Å². The summed E-state index contributed by atoms with van der Waals surface area (Å²) in [5.41, 5.74) is 0.801. The summed E-state index contributed by atoms with van der Waals surface area (Å²) in [6, 6.07) is 0. The van der Waals surface area contributed by atoms with Crippen LogP contribution in [0, 0.1) is 13.8 Å². The smallest absolute Gasteiger partial charge is 0.407 e. The van der Waals surface area contributed by atoms with Crippen LogP contribution in [0.3, 0.4) is 0 Å². The van der Waals surface area contributed by atoms with Gasteiger partial charge in [-0.25, -0.2) is 9.78 Å². The van der Waals surface area contributed by atoms with Crippen LogP contribution in [0.4, 0.5) is 4.79 Å². The zero-order valence-electron chi connectivity index (χ0n) is 8.74. The van der Waals surface area contributed by atoms with Crippen LogP contribution >= 0.6 is 0 Å². The molecule has 15 heavy (non-hydrogen) atoms. The van der Waals surface area contributed by atoms with Crippen LogP contribution in [0.1, 0.15) is 17.3 Å². The third-order valence-electron chi connectivity index (χ3n) is 1.78. The number of oxazole rings is 1. The number of aryl methyl sites for hydroxylation is 2. The van der Waals surface area contributed by atoms with Gasteiger partial charge in [0.05, 0.1) is 18.8 Å². The molecule has 0 spiro atoms. The normalized spacial score (nSPS) is 10.1. The van der Waals surface area contributed by atoms with Crippen LogP contribution in [0.25, 0.3) is 0 Å². The lowest BCUT2D eigenvalue weighted by Crippen LogP contribution is -2.24. The molecule has 0 fully saturated rings. The van der Waals surface area contributed by atoms with Crippen LogP contribution in [0.2, 0.25) is 0 Å². The molecule has 0 atom stereocenters. The Morgan fingerprint density at radius 1 is 1.60 bits per heavy atom. The monoisotopic (exact) mass is 214 g/mol. The van der Waals surface area contributed by atoms with Crippen molar-refractivity contribution in [3.63, 3.8) is 0 Å². The first-order valence-electron chi connectivity index (χ1n) is 4.58. The van der Waals surface area contributed by atoms with Gasteiger partial charge in [0, 0.05) is 0 Å². The van der Waals surface area contributed by atoms with E-state index in [4.69, 9.17) is 9.52 Å². The number of carbonyl (C=O) groups excluding carboxylic acids is 1. The van der Waals surface area contributed by atoms with Crippen molar-refractivity contribution in [3.05, 3.63) is 17.3 Å². The molecule has 0 aromatic carbocycles. The van der Waals surface area contributed by atoms with E-state index in [2.05, 4.69) is 15.0 Å². The van der Waals surface area contributed by atoms with Gasteiger partial charge in [0.15, 0.2) is 0 Å². The summed E-state index contributed by atoms with van der Waals surface area (Å²) in [5, 5.41) is 10.9. The third-order valence-corrected chi connectivity index (χ3v) is 1.78. The number of hydrogen-bond acceptors (Lipinski definition) is 5. The van der Waals surface area contributed by atoms with Crippen molar-refractivity contribution >= 4 is 6.09 Å². The van der Waals surface area contributed by atoms with Crippen molar-refractivity contribution < 1.29 is 19.1 Å². The second kappa shape index (κ2) is 5.35. The number of aliphatic hydroxyl groups is 1. The molecular formula is C9H14N2O4. The summed E-state index contributed by atoms with van der Waals surface area (Å²) in [5.74, 6) is 1.17. The van der Waals surface area contributed by atoms with Gasteiger partial charge in [-0.1, -0.05) is 0 Å². The Kier molecular flexibility index (Phi) is 4.11. The maximum atomic E-state index is 11.0. The standard InChI is InChI=1S/C9H14N2O4/c1-6-7(2)15-8(11-6)5-10-9(13)14-4-3-12/h12H,3-5H2,1-2H3,(H,10,13). The molecule has 0 aliphatic heterocycles. The fourth-order valence-corrected chi connectivity index (χ4v) is 0.952. The molecule has 1 amide bonds. The quantitative estimate of drug-likeness (QED) is 0.762. The highest BCUT2D eigenvalue weighted by Crippen LogP contribution is 2.07. The van der Waals surface area contributed by atoms with E-state index in [0.29, 0.717) is 5.89 Å². The molecule has 0 bridgehead atoms. The molecule has 1 heterocycles. The van der Waals surface area contributed by atoms with E-state index in [9.17, 15) is 4.79 Å². The number of rotatable bonds is 4. The lowest BCUT2D eigenvalue weighted by atomic mass is 10.4. The van der Waals surface area contributed by atoms with Crippen molar-refractivity contribution in [1.82, 2.24) is 10.3 Å². The van der Waals surface area contributed by atoms with E-state index < -0.39 is 6.09 Å². The molecule has 6 nitrogen and oxygen atoms in total. The predicted octanol–water partition coefficient (Wildman–Crippen LogP) is 0.510. The van der Waals surface area contributed by atoms with E-state index in [1.54, 1.807) is 6.92 Å². The number of amides is 1. The van der Waals surface area contributed by atoms with Crippen molar-refractivity contribution in [2.24, 2.45) is 0 Å². The number of alkyl carbamates (subject to hydrolysis) is 1. The lowest BCUT2D eigenvalue weighted by molar-refractivity contribution is 0.118. The molecule has 0 saturated heterocycles.